The van der Waals surface area contributed by atoms with Crippen LogP contribution in [0.3, 0.4) is 0 Å². The molecule has 1 heterocycles. The highest BCUT2D eigenvalue weighted by Gasteiger charge is 2.13. The molecule has 1 fully saturated rings. The number of likely N-dealkylation sites (N-methyl/N-ethyl adjacent to an activating group) is 1. The molecule has 3 heteroatoms. The Bertz CT molecular complexity index is 378. The van der Waals surface area contributed by atoms with Crippen LogP contribution in [0.5, 0.6) is 0 Å². The van der Waals surface area contributed by atoms with Gasteiger partial charge in [-0.15, -0.1) is 11.6 Å². The molecule has 1 saturated heterocycles. The number of allylic oxidation sites excluding steroid dienone is 1. The molecule has 18 heavy (non-hydrogen) atoms. The van der Waals surface area contributed by atoms with E-state index in [-0.39, 0.29) is 0 Å². The molecule has 1 aliphatic heterocycles. The molecule has 1 aromatic carbocycles. The third-order valence-corrected chi connectivity index (χ3v) is 3.57. The molecule has 0 unspecified atom stereocenters. The molecule has 0 N–H and O–H groups in total. The fourth-order valence-electron chi connectivity index (χ4n) is 2.14. The lowest BCUT2D eigenvalue weighted by molar-refractivity contribution is 0.313. The van der Waals surface area contributed by atoms with Crippen molar-refractivity contribution < 1.29 is 0 Å². The number of nitrogens with zero attached hydrogens (tertiary/aromatic N) is 2. The summed E-state index contributed by atoms with van der Waals surface area (Å²) in [7, 11) is 2.18. The number of rotatable bonds is 4. The van der Waals surface area contributed by atoms with Gasteiger partial charge in [0.15, 0.2) is 0 Å². The van der Waals surface area contributed by atoms with E-state index in [2.05, 4.69) is 53.3 Å². The summed E-state index contributed by atoms with van der Waals surface area (Å²) in [5.74, 6) is 0.690. The van der Waals surface area contributed by atoms with Gasteiger partial charge in [-0.2, -0.15) is 0 Å². The molecule has 98 valence electrons. The fourth-order valence-corrected chi connectivity index (χ4v) is 2.27. The smallest absolute Gasteiger partial charge is 0.0367 e. The topological polar surface area (TPSA) is 6.48 Å². The van der Waals surface area contributed by atoms with Crippen LogP contribution in [0.25, 0.3) is 6.08 Å². The van der Waals surface area contributed by atoms with Crippen LogP contribution in [0.4, 0.5) is 5.69 Å². The molecule has 0 bridgehead atoms. The number of halogens is 1. The van der Waals surface area contributed by atoms with Crippen molar-refractivity contribution in [3.8, 4) is 0 Å². The van der Waals surface area contributed by atoms with Crippen LogP contribution in [0.2, 0.25) is 0 Å². The first-order valence-corrected chi connectivity index (χ1v) is 7.09. The van der Waals surface area contributed by atoms with E-state index >= 15 is 0 Å². The van der Waals surface area contributed by atoms with E-state index in [9.17, 15) is 0 Å². The fraction of sp³-hybridized carbons (Fsp3) is 0.467. The van der Waals surface area contributed by atoms with Crippen molar-refractivity contribution in [3.05, 3.63) is 35.9 Å². The summed E-state index contributed by atoms with van der Waals surface area (Å²) in [6.07, 6.45) is 5.19. The molecule has 1 aliphatic rings. The number of piperazine rings is 1. The molecule has 0 aliphatic carbocycles. The van der Waals surface area contributed by atoms with Crippen molar-refractivity contribution in [1.29, 1.82) is 0 Å². The monoisotopic (exact) mass is 264 g/mol. The van der Waals surface area contributed by atoms with Crippen molar-refractivity contribution in [2.45, 2.75) is 6.42 Å². The van der Waals surface area contributed by atoms with Gasteiger partial charge in [-0.3, -0.25) is 0 Å². The molecule has 1 aromatic rings. The molecule has 2 rings (SSSR count). The summed E-state index contributed by atoms with van der Waals surface area (Å²) < 4.78 is 0. The molecule has 2 nitrogen and oxygen atoms in total. The summed E-state index contributed by atoms with van der Waals surface area (Å²) in [6, 6.07) is 8.79. The number of hydrogen-bond donors (Lipinski definition) is 0. The van der Waals surface area contributed by atoms with Crippen molar-refractivity contribution in [3.63, 3.8) is 0 Å². The molecule has 0 spiro atoms. The molecular formula is C15H21ClN2. The lowest BCUT2D eigenvalue weighted by Gasteiger charge is -2.34. The van der Waals surface area contributed by atoms with Gasteiger partial charge in [0.05, 0.1) is 0 Å². The average Bonchev–Trinajstić information content (AvgIpc) is 2.41. The number of hydrogen-bond acceptors (Lipinski definition) is 2. The minimum atomic E-state index is 0.690. The Morgan fingerprint density at radius 2 is 1.78 bits per heavy atom. The van der Waals surface area contributed by atoms with Crippen molar-refractivity contribution in [1.82, 2.24) is 4.90 Å². The van der Waals surface area contributed by atoms with Gasteiger partial charge < -0.3 is 9.80 Å². The lowest BCUT2D eigenvalue weighted by atomic mass is 10.1. The summed E-state index contributed by atoms with van der Waals surface area (Å²) in [4.78, 5) is 4.83. The van der Waals surface area contributed by atoms with Crippen LogP contribution >= 0.6 is 11.6 Å². The minimum absolute atomic E-state index is 0.690. The predicted octanol–water partition coefficient (Wildman–Crippen LogP) is 3.08. The Balaban J connectivity index is 1.95. The first-order chi connectivity index (χ1) is 8.79. The zero-order valence-electron chi connectivity index (χ0n) is 11.0. The van der Waals surface area contributed by atoms with E-state index in [1.54, 1.807) is 0 Å². The summed E-state index contributed by atoms with van der Waals surface area (Å²) in [5, 5.41) is 0. The molecule has 0 atom stereocenters. The Hall–Kier alpha value is -0.990. The largest absolute Gasteiger partial charge is 0.369 e. The van der Waals surface area contributed by atoms with Gasteiger partial charge in [-0.05, 0) is 31.2 Å². The quantitative estimate of drug-likeness (QED) is 0.771. The molecule has 0 aromatic heterocycles. The third kappa shape index (κ3) is 3.76. The Labute approximate surface area is 115 Å². The standard InChI is InChI=1S/C15H21ClN2/c1-17-10-12-18(13-11-17)15-7-5-14(6-8-15)4-2-3-9-16/h2,4-8H,3,9-13H2,1H3. The van der Waals surface area contributed by atoms with E-state index in [1.165, 1.54) is 11.3 Å². The maximum atomic E-state index is 5.64. The zero-order chi connectivity index (χ0) is 12.8. The van der Waals surface area contributed by atoms with Crippen LogP contribution in [0.1, 0.15) is 12.0 Å². The van der Waals surface area contributed by atoms with Gasteiger partial charge in [0.1, 0.15) is 0 Å². The number of anilines is 1. The molecule has 0 radical (unpaired) electrons. The van der Waals surface area contributed by atoms with Crippen LogP contribution in [-0.2, 0) is 0 Å². The predicted molar refractivity (Wildman–Crippen MR) is 80.5 cm³/mol. The van der Waals surface area contributed by atoms with Gasteiger partial charge in [-0.1, -0.05) is 24.3 Å². The van der Waals surface area contributed by atoms with Crippen LogP contribution in [0.15, 0.2) is 30.3 Å². The lowest BCUT2D eigenvalue weighted by Crippen LogP contribution is -2.44. The van der Waals surface area contributed by atoms with Gasteiger partial charge in [0.2, 0.25) is 0 Å². The SMILES string of the molecule is CN1CCN(c2ccc(C=CCCCl)cc2)CC1. The van der Waals surface area contributed by atoms with Crippen LogP contribution in [0, 0.1) is 0 Å². The van der Waals surface area contributed by atoms with E-state index < -0.39 is 0 Å². The van der Waals surface area contributed by atoms with Crippen molar-refractivity contribution in [2.75, 3.05) is 44.0 Å². The maximum absolute atomic E-state index is 5.64. The van der Waals surface area contributed by atoms with E-state index in [0.717, 1.165) is 32.6 Å². The molecule has 0 amide bonds. The van der Waals surface area contributed by atoms with Crippen molar-refractivity contribution in [2.24, 2.45) is 0 Å². The normalized spacial score (nSPS) is 17.6. The van der Waals surface area contributed by atoms with E-state index in [0.29, 0.717) is 5.88 Å². The Kier molecular flexibility index (Phi) is 5.09. The zero-order valence-corrected chi connectivity index (χ0v) is 11.7. The van der Waals surface area contributed by atoms with Gasteiger partial charge in [-0.25, -0.2) is 0 Å². The highest BCUT2D eigenvalue weighted by atomic mass is 35.5. The first-order valence-electron chi connectivity index (χ1n) is 6.55. The van der Waals surface area contributed by atoms with Crippen LogP contribution < -0.4 is 4.90 Å². The number of benzene rings is 1. The first kappa shape index (κ1) is 13.4. The summed E-state index contributed by atoms with van der Waals surface area (Å²) in [5.41, 5.74) is 2.58. The average molecular weight is 265 g/mol. The molecule has 0 saturated carbocycles. The Morgan fingerprint density at radius 1 is 1.11 bits per heavy atom. The second-order valence-corrected chi connectivity index (χ2v) is 5.14. The van der Waals surface area contributed by atoms with E-state index in [4.69, 9.17) is 11.6 Å². The second-order valence-electron chi connectivity index (χ2n) is 4.76. The summed E-state index contributed by atoms with van der Waals surface area (Å²) in [6.45, 7) is 4.55. The van der Waals surface area contributed by atoms with Crippen LogP contribution in [-0.4, -0.2) is 44.0 Å². The molecular weight excluding hydrogens is 244 g/mol. The highest BCUT2D eigenvalue weighted by molar-refractivity contribution is 6.17. The van der Waals surface area contributed by atoms with Crippen molar-refractivity contribution >= 4 is 23.4 Å². The Morgan fingerprint density at radius 3 is 2.39 bits per heavy atom. The van der Waals surface area contributed by atoms with E-state index in [1.807, 2.05) is 0 Å². The van der Waals surface area contributed by atoms with Gasteiger partial charge >= 0.3 is 0 Å². The minimum Gasteiger partial charge on any atom is -0.369 e. The second kappa shape index (κ2) is 6.81. The highest BCUT2D eigenvalue weighted by Crippen LogP contribution is 2.17. The number of alkyl halides is 1. The third-order valence-electron chi connectivity index (χ3n) is 3.35. The maximum Gasteiger partial charge on any atom is 0.0367 e. The summed E-state index contributed by atoms with van der Waals surface area (Å²) >= 11 is 5.64. The van der Waals surface area contributed by atoms with Gasteiger partial charge in [0.25, 0.3) is 0 Å². The van der Waals surface area contributed by atoms with Gasteiger partial charge in [0, 0.05) is 37.7 Å².